The fraction of sp³-hybridized carbons (Fsp3) is 0.421. The highest BCUT2D eigenvalue weighted by atomic mass is 32.2. The van der Waals surface area contributed by atoms with Crippen molar-refractivity contribution in [1.29, 1.82) is 0 Å². The maximum atomic E-state index is 12.3. The minimum absolute atomic E-state index is 0.0359. The fourth-order valence-electron chi connectivity index (χ4n) is 2.98. The Kier molecular flexibility index (Phi) is 7.23. The van der Waals surface area contributed by atoms with E-state index in [1.165, 1.54) is 6.21 Å². The number of amidine groups is 1. The summed E-state index contributed by atoms with van der Waals surface area (Å²) in [7, 11) is 0. The minimum Gasteiger partial charge on any atom is -0.483 e. The minimum atomic E-state index is -1.05. The topological polar surface area (TPSA) is 121 Å². The predicted molar refractivity (Wildman–Crippen MR) is 109 cm³/mol. The second kappa shape index (κ2) is 10.1. The lowest BCUT2D eigenvalue weighted by Gasteiger charge is -2.26. The van der Waals surface area contributed by atoms with Crippen LogP contribution in [0.5, 0.6) is 5.75 Å². The number of ether oxygens (including phenoxy) is 1. The van der Waals surface area contributed by atoms with Crippen molar-refractivity contribution >= 4 is 40.9 Å². The molecule has 0 bridgehead atoms. The number of aliphatic carboxylic acids is 1. The third kappa shape index (κ3) is 6.05. The number of carbonyl (C=O) groups excluding carboxylic acids is 2. The van der Waals surface area contributed by atoms with Gasteiger partial charge in [0.15, 0.2) is 11.8 Å². The van der Waals surface area contributed by atoms with Gasteiger partial charge in [-0.2, -0.15) is 5.10 Å². The SMILES string of the molecule is O=C(O)CC1SC(=NN=Cc2ccccc2OCC(=O)N2CCCCC2)NC1=O. The monoisotopic (exact) mass is 418 g/mol. The van der Waals surface area contributed by atoms with Crippen LogP contribution in [0.2, 0.25) is 0 Å². The molecular formula is C19H22N4O5S. The van der Waals surface area contributed by atoms with Crippen molar-refractivity contribution < 1.29 is 24.2 Å². The number of carboxylic acid groups (broad SMARTS) is 1. The number of carboxylic acids is 1. The number of nitrogens with zero attached hydrogens (tertiary/aromatic N) is 3. The fourth-order valence-corrected chi connectivity index (χ4v) is 3.90. The predicted octanol–water partition coefficient (Wildman–Crippen LogP) is 1.47. The average Bonchev–Trinajstić information content (AvgIpc) is 3.06. The third-order valence-corrected chi connectivity index (χ3v) is 5.53. The van der Waals surface area contributed by atoms with Gasteiger partial charge in [-0.25, -0.2) is 0 Å². The largest absolute Gasteiger partial charge is 0.483 e. The van der Waals surface area contributed by atoms with Gasteiger partial charge in [-0.15, -0.1) is 5.10 Å². The number of carbonyl (C=O) groups is 3. The third-order valence-electron chi connectivity index (χ3n) is 4.46. The molecule has 0 radical (unpaired) electrons. The second-order valence-corrected chi connectivity index (χ2v) is 7.80. The first-order chi connectivity index (χ1) is 14.0. The Hall–Kier alpha value is -2.88. The Morgan fingerprint density at radius 1 is 1.28 bits per heavy atom. The van der Waals surface area contributed by atoms with Gasteiger partial charge < -0.3 is 20.1 Å². The summed E-state index contributed by atoms with van der Waals surface area (Å²) < 4.78 is 5.68. The van der Waals surface area contributed by atoms with Gasteiger partial charge in [-0.05, 0) is 31.4 Å². The maximum Gasteiger partial charge on any atom is 0.305 e. The first kappa shape index (κ1) is 20.8. The lowest BCUT2D eigenvalue weighted by atomic mass is 10.1. The zero-order valence-electron chi connectivity index (χ0n) is 15.7. The van der Waals surface area contributed by atoms with Gasteiger partial charge in [0.2, 0.25) is 5.91 Å². The van der Waals surface area contributed by atoms with Gasteiger partial charge >= 0.3 is 5.97 Å². The summed E-state index contributed by atoms with van der Waals surface area (Å²) in [4.78, 5) is 36.5. The highest BCUT2D eigenvalue weighted by molar-refractivity contribution is 8.15. The molecule has 2 N–H and O–H groups in total. The molecule has 10 heteroatoms. The van der Waals surface area contributed by atoms with E-state index >= 15 is 0 Å². The smallest absolute Gasteiger partial charge is 0.305 e. The number of rotatable bonds is 7. The van der Waals surface area contributed by atoms with Crippen molar-refractivity contribution in [2.45, 2.75) is 30.9 Å². The molecule has 0 aromatic heterocycles. The van der Waals surface area contributed by atoms with Crippen molar-refractivity contribution in [3.05, 3.63) is 29.8 Å². The van der Waals surface area contributed by atoms with E-state index in [4.69, 9.17) is 9.84 Å². The lowest BCUT2D eigenvalue weighted by molar-refractivity contribution is -0.138. The average molecular weight is 418 g/mol. The van der Waals surface area contributed by atoms with E-state index in [0.717, 1.165) is 44.1 Å². The second-order valence-electron chi connectivity index (χ2n) is 6.61. The standard InChI is InChI=1S/C19H22N4O5S/c24-16(23-8-4-1-5-9-23)12-28-14-7-3-2-6-13(14)11-20-22-19-21-18(27)15(29-19)10-17(25)26/h2-3,6-7,11,15H,1,4-5,8-10,12H2,(H,25,26)(H,21,22,27). The van der Waals surface area contributed by atoms with E-state index in [1.807, 2.05) is 11.0 Å². The quantitative estimate of drug-likeness (QED) is 0.511. The van der Waals surface area contributed by atoms with Crippen LogP contribution in [0.4, 0.5) is 0 Å². The molecule has 3 rings (SSSR count). The van der Waals surface area contributed by atoms with Crippen LogP contribution in [0.25, 0.3) is 0 Å². The molecule has 2 aliphatic rings. The summed E-state index contributed by atoms with van der Waals surface area (Å²) in [6.07, 6.45) is 4.39. The summed E-state index contributed by atoms with van der Waals surface area (Å²) in [6.45, 7) is 1.51. The molecule has 2 heterocycles. The van der Waals surface area contributed by atoms with Gasteiger partial charge in [-0.1, -0.05) is 23.9 Å². The summed E-state index contributed by atoms with van der Waals surface area (Å²) in [5, 5.41) is 18.7. The number of para-hydroxylation sites is 1. The molecule has 9 nitrogen and oxygen atoms in total. The van der Waals surface area contributed by atoms with E-state index in [9.17, 15) is 14.4 Å². The van der Waals surface area contributed by atoms with E-state index in [2.05, 4.69) is 15.5 Å². The number of nitrogens with one attached hydrogen (secondary N) is 1. The number of hydrogen-bond donors (Lipinski definition) is 2. The van der Waals surface area contributed by atoms with Crippen molar-refractivity contribution in [3.63, 3.8) is 0 Å². The zero-order valence-corrected chi connectivity index (χ0v) is 16.6. The number of piperidine rings is 1. The molecule has 29 heavy (non-hydrogen) atoms. The van der Waals surface area contributed by atoms with E-state index < -0.39 is 17.1 Å². The summed E-state index contributed by atoms with van der Waals surface area (Å²) in [5.41, 5.74) is 0.639. The van der Waals surface area contributed by atoms with Gasteiger partial charge in [0.05, 0.1) is 12.6 Å². The zero-order chi connectivity index (χ0) is 20.6. The molecule has 2 fully saturated rings. The van der Waals surface area contributed by atoms with Crippen molar-refractivity contribution in [2.75, 3.05) is 19.7 Å². The maximum absolute atomic E-state index is 12.3. The van der Waals surface area contributed by atoms with E-state index in [0.29, 0.717) is 11.3 Å². The molecule has 2 aliphatic heterocycles. The number of hydrogen-bond acceptors (Lipinski definition) is 7. The van der Waals surface area contributed by atoms with Crippen LogP contribution in [0.3, 0.4) is 0 Å². The molecule has 154 valence electrons. The molecule has 1 aromatic rings. The summed E-state index contributed by atoms with van der Waals surface area (Å²) in [5.74, 6) is -0.973. The molecule has 0 spiro atoms. The number of amides is 2. The van der Waals surface area contributed by atoms with Gasteiger partial charge in [0.25, 0.3) is 5.91 Å². The molecule has 1 unspecified atom stereocenters. The molecule has 2 amide bonds. The Labute approximate surface area is 172 Å². The van der Waals surface area contributed by atoms with Crippen LogP contribution in [0.15, 0.2) is 34.5 Å². The Balaban J connectivity index is 1.58. The van der Waals surface area contributed by atoms with Crippen molar-refractivity contribution in [1.82, 2.24) is 10.2 Å². The van der Waals surface area contributed by atoms with E-state index in [1.54, 1.807) is 18.2 Å². The normalized spacial score (nSPS) is 20.8. The molecule has 1 aromatic carbocycles. The van der Waals surface area contributed by atoms with Crippen LogP contribution >= 0.6 is 11.8 Å². The lowest BCUT2D eigenvalue weighted by Crippen LogP contribution is -2.38. The van der Waals surface area contributed by atoms with Crippen LogP contribution < -0.4 is 10.1 Å². The number of thioether (sulfide) groups is 1. The van der Waals surface area contributed by atoms with Gasteiger partial charge in [0, 0.05) is 18.7 Å². The number of likely N-dealkylation sites (tertiary alicyclic amines) is 1. The first-order valence-electron chi connectivity index (χ1n) is 9.33. The van der Waals surface area contributed by atoms with Crippen LogP contribution in [-0.4, -0.2) is 64.1 Å². The summed E-state index contributed by atoms with van der Waals surface area (Å²) in [6, 6.07) is 7.13. The van der Waals surface area contributed by atoms with Crippen LogP contribution in [-0.2, 0) is 14.4 Å². The highest BCUT2D eigenvalue weighted by Gasteiger charge is 2.32. The Morgan fingerprint density at radius 3 is 2.79 bits per heavy atom. The van der Waals surface area contributed by atoms with E-state index in [-0.39, 0.29) is 24.1 Å². The Morgan fingerprint density at radius 2 is 2.03 bits per heavy atom. The Bertz CT molecular complexity index is 836. The molecule has 2 saturated heterocycles. The highest BCUT2D eigenvalue weighted by Crippen LogP contribution is 2.22. The number of benzene rings is 1. The summed E-state index contributed by atoms with van der Waals surface area (Å²) >= 11 is 1.03. The van der Waals surface area contributed by atoms with Crippen molar-refractivity contribution in [3.8, 4) is 5.75 Å². The molecule has 0 aliphatic carbocycles. The van der Waals surface area contributed by atoms with Gasteiger partial charge in [0.1, 0.15) is 11.0 Å². The van der Waals surface area contributed by atoms with Crippen LogP contribution in [0, 0.1) is 0 Å². The molecular weight excluding hydrogens is 396 g/mol. The van der Waals surface area contributed by atoms with Crippen LogP contribution in [0.1, 0.15) is 31.2 Å². The molecule has 1 atom stereocenters. The molecule has 0 saturated carbocycles. The van der Waals surface area contributed by atoms with Crippen molar-refractivity contribution in [2.24, 2.45) is 10.2 Å². The van der Waals surface area contributed by atoms with Gasteiger partial charge in [-0.3, -0.25) is 14.4 Å². The first-order valence-corrected chi connectivity index (χ1v) is 10.2.